The maximum absolute atomic E-state index is 11.6. The molecule has 0 spiro atoms. The van der Waals surface area contributed by atoms with E-state index in [0.717, 1.165) is 12.8 Å². The van der Waals surface area contributed by atoms with Crippen LogP contribution in [-0.4, -0.2) is 45.0 Å². The fourth-order valence-electron chi connectivity index (χ4n) is 1.31. The third-order valence-electron chi connectivity index (χ3n) is 2.24. The van der Waals surface area contributed by atoms with E-state index in [9.17, 15) is 9.59 Å². The molecule has 100 valence electrons. The van der Waals surface area contributed by atoms with E-state index in [0.29, 0.717) is 13.0 Å². The van der Waals surface area contributed by atoms with Crippen molar-refractivity contribution >= 4 is 17.8 Å². The number of anilines is 1. The van der Waals surface area contributed by atoms with E-state index in [1.54, 1.807) is 0 Å². The number of aromatic nitrogens is 4. The SMILES string of the molecule is CC(=O)NCCCC[C@H](N)C(=O)Nc1nnn[nH]1. The van der Waals surface area contributed by atoms with Crippen LogP contribution in [0.4, 0.5) is 5.95 Å². The van der Waals surface area contributed by atoms with E-state index in [1.807, 2.05) is 0 Å². The number of rotatable bonds is 7. The van der Waals surface area contributed by atoms with Crippen LogP contribution in [0.15, 0.2) is 0 Å². The average molecular weight is 255 g/mol. The van der Waals surface area contributed by atoms with Crippen molar-refractivity contribution in [1.82, 2.24) is 25.9 Å². The van der Waals surface area contributed by atoms with Gasteiger partial charge in [0.1, 0.15) is 0 Å². The van der Waals surface area contributed by atoms with Gasteiger partial charge in [0.15, 0.2) is 0 Å². The first-order valence-corrected chi connectivity index (χ1v) is 5.64. The average Bonchev–Trinajstić information content (AvgIpc) is 2.80. The Balaban J connectivity index is 2.14. The molecule has 1 aromatic rings. The van der Waals surface area contributed by atoms with Gasteiger partial charge in [0, 0.05) is 13.5 Å². The van der Waals surface area contributed by atoms with Crippen LogP contribution in [0.1, 0.15) is 26.2 Å². The van der Waals surface area contributed by atoms with E-state index >= 15 is 0 Å². The molecule has 0 aliphatic heterocycles. The third-order valence-corrected chi connectivity index (χ3v) is 2.24. The summed E-state index contributed by atoms with van der Waals surface area (Å²) >= 11 is 0. The quantitative estimate of drug-likeness (QED) is 0.450. The first-order valence-electron chi connectivity index (χ1n) is 5.64. The van der Waals surface area contributed by atoms with Crippen LogP contribution in [0.25, 0.3) is 0 Å². The number of hydrogen-bond donors (Lipinski definition) is 4. The largest absolute Gasteiger partial charge is 0.356 e. The molecule has 2 amide bonds. The first-order chi connectivity index (χ1) is 8.59. The second-order valence-electron chi connectivity index (χ2n) is 3.82. The van der Waals surface area contributed by atoms with Gasteiger partial charge in [-0.1, -0.05) is 5.10 Å². The molecule has 18 heavy (non-hydrogen) atoms. The standard InChI is InChI=1S/C9H17N7O2/c1-6(17)11-5-3-2-4-7(10)8(18)12-9-13-15-16-14-9/h7H,2-5,10H2,1H3,(H,11,17)(H2,12,13,14,15,16,18)/t7-/m0/s1. The molecule has 0 saturated carbocycles. The predicted molar refractivity (Wildman–Crippen MR) is 63.3 cm³/mol. The van der Waals surface area contributed by atoms with Gasteiger partial charge in [-0.15, -0.1) is 0 Å². The van der Waals surface area contributed by atoms with E-state index in [1.165, 1.54) is 6.92 Å². The number of H-pyrrole nitrogens is 1. The van der Waals surface area contributed by atoms with Crippen LogP contribution < -0.4 is 16.4 Å². The summed E-state index contributed by atoms with van der Waals surface area (Å²) in [4.78, 5) is 22.2. The monoisotopic (exact) mass is 255 g/mol. The van der Waals surface area contributed by atoms with Crippen LogP contribution in [0.5, 0.6) is 0 Å². The first kappa shape index (κ1) is 14.0. The van der Waals surface area contributed by atoms with Crippen molar-refractivity contribution < 1.29 is 9.59 Å². The molecule has 1 atom stereocenters. The van der Waals surface area contributed by atoms with Crippen molar-refractivity contribution in [2.45, 2.75) is 32.2 Å². The smallest absolute Gasteiger partial charge is 0.246 e. The van der Waals surface area contributed by atoms with Gasteiger partial charge >= 0.3 is 0 Å². The van der Waals surface area contributed by atoms with Gasteiger partial charge in [0.25, 0.3) is 0 Å². The van der Waals surface area contributed by atoms with E-state index in [2.05, 4.69) is 31.3 Å². The molecule has 0 bridgehead atoms. The molecular weight excluding hydrogens is 238 g/mol. The summed E-state index contributed by atoms with van der Waals surface area (Å²) in [6, 6.07) is -0.618. The normalized spacial score (nSPS) is 11.9. The van der Waals surface area contributed by atoms with Gasteiger partial charge in [-0.25, -0.2) is 5.10 Å². The van der Waals surface area contributed by atoms with Gasteiger partial charge in [0.05, 0.1) is 6.04 Å². The Hall–Kier alpha value is -2.03. The molecule has 0 unspecified atom stereocenters. The minimum Gasteiger partial charge on any atom is -0.356 e. The zero-order valence-electron chi connectivity index (χ0n) is 10.1. The summed E-state index contributed by atoms with van der Waals surface area (Å²) in [6.45, 7) is 2.06. The summed E-state index contributed by atoms with van der Waals surface area (Å²) in [7, 11) is 0. The Kier molecular flexibility index (Phi) is 5.71. The second-order valence-corrected chi connectivity index (χ2v) is 3.82. The number of amides is 2. The summed E-state index contributed by atoms with van der Waals surface area (Å²) in [5.74, 6) is -0.225. The zero-order valence-corrected chi connectivity index (χ0v) is 10.1. The number of nitrogens with one attached hydrogen (secondary N) is 3. The van der Waals surface area contributed by atoms with Crippen molar-refractivity contribution in [3.63, 3.8) is 0 Å². The van der Waals surface area contributed by atoms with Crippen molar-refractivity contribution in [3.8, 4) is 0 Å². The Bertz CT molecular complexity index is 378. The molecule has 0 fully saturated rings. The number of carbonyl (C=O) groups is 2. The lowest BCUT2D eigenvalue weighted by Crippen LogP contribution is -2.36. The molecule has 9 nitrogen and oxygen atoms in total. The van der Waals surface area contributed by atoms with Crippen LogP contribution >= 0.6 is 0 Å². The molecule has 0 aliphatic carbocycles. The Morgan fingerprint density at radius 3 is 2.83 bits per heavy atom. The fourth-order valence-corrected chi connectivity index (χ4v) is 1.31. The fraction of sp³-hybridized carbons (Fsp3) is 0.667. The molecule has 5 N–H and O–H groups in total. The highest BCUT2D eigenvalue weighted by Gasteiger charge is 2.14. The topological polar surface area (TPSA) is 139 Å². The molecule has 0 radical (unpaired) electrons. The Morgan fingerprint density at radius 1 is 1.44 bits per heavy atom. The summed E-state index contributed by atoms with van der Waals surface area (Å²) in [5.41, 5.74) is 5.69. The zero-order chi connectivity index (χ0) is 13.4. The number of hydrogen-bond acceptors (Lipinski definition) is 6. The number of carbonyl (C=O) groups excluding carboxylic acids is 2. The highest BCUT2D eigenvalue weighted by atomic mass is 16.2. The lowest BCUT2D eigenvalue weighted by molar-refractivity contribution is -0.119. The van der Waals surface area contributed by atoms with Crippen molar-refractivity contribution in [2.75, 3.05) is 11.9 Å². The predicted octanol–water partition coefficient (Wildman–Crippen LogP) is -1.23. The summed E-state index contributed by atoms with van der Waals surface area (Å²) < 4.78 is 0. The van der Waals surface area contributed by atoms with Gasteiger partial charge in [-0.2, -0.15) is 0 Å². The van der Waals surface area contributed by atoms with Crippen molar-refractivity contribution in [1.29, 1.82) is 0 Å². The number of aromatic amines is 1. The van der Waals surface area contributed by atoms with Crippen molar-refractivity contribution in [2.24, 2.45) is 5.73 Å². The maximum atomic E-state index is 11.6. The number of nitrogens with zero attached hydrogens (tertiary/aromatic N) is 3. The number of unbranched alkanes of at least 4 members (excludes halogenated alkanes) is 1. The lowest BCUT2D eigenvalue weighted by atomic mass is 10.1. The van der Waals surface area contributed by atoms with Crippen LogP contribution in [0.2, 0.25) is 0 Å². The minimum atomic E-state index is -0.618. The summed E-state index contributed by atoms with van der Waals surface area (Å²) in [6.07, 6.45) is 2.07. The van der Waals surface area contributed by atoms with E-state index < -0.39 is 6.04 Å². The molecular formula is C9H17N7O2. The third kappa shape index (κ3) is 5.34. The molecule has 0 aromatic carbocycles. The molecule has 0 saturated heterocycles. The van der Waals surface area contributed by atoms with Gasteiger partial charge in [0.2, 0.25) is 17.8 Å². The number of nitrogens with two attached hydrogens (primary N) is 1. The van der Waals surface area contributed by atoms with Gasteiger partial charge in [-0.3, -0.25) is 14.9 Å². The van der Waals surface area contributed by atoms with Gasteiger partial charge < -0.3 is 11.1 Å². The second kappa shape index (κ2) is 7.33. The lowest BCUT2D eigenvalue weighted by Gasteiger charge is -2.10. The molecule has 0 aliphatic rings. The highest BCUT2D eigenvalue weighted by Crippen LogP contribution is 2.01. The highest BCUT2D eigenvalue weighted by molar-refractivity contribution is 5.92. The Labute approximate surface area is 104 Å². The molecule has 1 rings (SSSR count). The molecule has 1 aromatic heterocycles. The maximum Gasteiger partial charge on any atom is 0.246 e. The summed E-state index contributed by atoms with van der Waals surface area (Å²) in [5, 5.41) is 17.7. The molecule has 9 heteroatoms. The van der Waals surface area contributed by atoms with Gasteiger partial charge in [-0.05, 0) is 29.7 Å². The number of tetrazole rings is 1. The molecule has 1 heterocycles. The van der Waals surface area contributed by atoms with Crippen molar-refractivity contribution in [3.05, 3.63) is 0 Å². The van der Waals surface area contributed by atoms with E-state index in [-0.39, 0.29) is 17.8 Å². The van der Waals surface area contributed by atoms with Crippen LogP contribution in [0, 0.1) is 0 Å². The van der Waals surface area contributed by atoms with Crippen LogP contribution in [-0.2, 0) is 9.59 Å². The minimum absolute atomic E-state index is 0.0603. The van der Waals surface area contributed by atoms with E-state index in [4.69, 9.17) is 5.73 Å². The Morgan fingerprint density at radius 2 is 2.22 bits per heavy atom. The van der Waals surface area contributed by atoms with Crippen LogP contribution in [0.3, 0.4) is 0 Å².